The second-order valence-corrected chi connectivity index (χ2v) is 11.2. The molecule has 0 bridgehead atoms. The summed E-state index contributed by atoms with van der Waals surface area (Å²) in [6, 6.07) is 34.4. The third-order valence-corrected chi connectivity index (χ3v) is 8.04. The molecule has 0 unspecified atom stereocenters. The number of alkyl halides is 3. The van der Waals surface area contributed by atoms with E-state index in [1.807, 2.05) is 71.4 Å². The number of nitrogens with one attached hydrogen (secondary N) is 1. The van der Waals surface area contributed by atoms with Gasteiger partial charge in [-0.15, -0.1) is 0 Å². The molecule has 6 rings (SSSR count). The Kier molecular flexibility index (Phi) is 8.19. The van der Waals surface area contributed by atoms with Crippen LogP contribution in [0.4, 0.5) is 13.2 Å². The number of carboxylic acids is 1. The molecule has 5 nitrogen and oxygen atoms in total. The molecule has 0 fully saturated rings. The molecule has 8 heteroatoms. The zero-order chi connectivity index (χ0) is 32.4. The summed E-state index contributed by atoms with van der Waals surface area (Å²) in [5.74, 6) is -1.41. The van der Waals surface area contributed by atoms with E-state index in [1.165, 1.54) is 24.3 Å². The minimum atomic E-state index is -4.46. The first-order valence-corrected chi connectivity index (χ1v) is 14.7. The largest absolute Gasteiger partial charge is 0.478 e. The lowest BCUT2D eigenvalue weighted by atomic mass is 9.98. The number of fused-ring (bicyclic) bond motifs is 1. The highest BCUT2D eigenvalue weighted by atomic mass is 19.4. The number of benzene rings is 5. The average molecular weight is 619 g/mol. The van der Waals surface area contributed by atoms with Gasteiger partial charge < -0.3 is 15.0 Å². The quantitative estimate of drug-likeness (QED) is 0.179. The third-order valence-electron chi connectivity index (χ3n) is 8.04. The highest BCUT2D eigenvalue weighted by molar-refractivity contribution is 6.08. The van der Waals surface area contributed by atoms with E-state index in [1.54, 1.807) is 25.1 Å². The van der Waals surface area contributed by atoms with Crippen molar-refractivity contribution in [2.24, 2.45) is 0 Å². The van der Waals surface area contributed by atoms with Crippen molar-refractivity contribution in [2.45, 2.75) is 25.7 Å². The first kappa shape index (κ1) is 30.4. The Morgan fingerprint density at radius 2 is 1.43 bits per heavy atom. The molecule has 1 atom stereocenters. The summed E-state index contributed by atoms with van der Waals surface area (Å²) < 4.78 is 41.7. The Balaban J connectivity index is 1.39. The smallest absolute Gasteiger partial charge is 0.416 e. The molecule has 0 radical (unpaired) electrons. The van der Waals surface area contributed by atoms with Crippen LogP contribution < -0.4 is 5.32 Å². The van der Waals surface area contributed by atoms with Crippen molar-refractivity contribution in [3.05, 3.63) is 155 Å². The average Bonchev–Trinajstić information content (AvgIpc) is 3.46. The normalized spacial score (nSPS) is 12.2. The van der Waals surface area contributed by atoms with Crippen molar-refractivity contribution in [2.75, 3.05) is 0 Å². The van der Waals surface area contributed by atoms with Gasteiger partial charge in [0.2, 0.25) is 0 Å². The van der Waals surface area contributed by atoms with Crippen LogP contribution in [-0.2, 0) is 12.7 Å². The van der Waals surface area contributed by atoms with Crippen molar-refractivity contribution < 1.29 is 27.9 Å². The van der Waals surface area contributed by atoms with Gasteiger partial charge in [0.1, 0.15) is 0 Å². The number of halogens is 3. The second-order valence-electron chi connectivity index (χ2n) is 11.2. The van der Waals surface area contributed by atoms with Crippen LogP contribution in [0.2, 0.25) is 0 Å². The Hall–Kier alpha value is -5.63. The van der Waals surface area contributed by atoms with E-state index in [2.05, 4.69) is 11.4 Å². The van der Waals surface area contributed by atoms with Crippen LogP contribution in [0, 0.1) is 0 Å². The number of rotatable bonds is 8. The molecule has 46 heavy (non-hydrogen) atoms. The molecule has 0 aliphatic rings. The maximum Gasteiger partial charge on any atom is 0.416 e. The van der Waals surface area contributed by atoms with Gasteiger partial charge >= 0.3 is 12.1 Å². The minimum Gasteiger partial charge on any atom is -0.478 e. The molecule has 0 spiro atoms. The van der Waals surface area contributed by atoms with Crippen LogP contribution in [0.3, 0.4) is 0 Å². The Bertz CT molecular complexity index is 2030. The maximum absolute atomic E-state index is 14.0. The third kappa shape index (κ3) is 6.42. The van der Waals surface area contributed by atoms with Crippen molar-refractivity contribution in [3.63, 3.8) is 0 Å². The summed E-state index contributed by atoms with van der Waals surface area (Å²) in [6.07, 6.45) is -2.55. The Morgan fingerprint density at radius 1 is 0.761 bits per heavy atom. The van der Waals surface area contributed by atoms with Crippen molar-refractivity contribution in [1.29, 1.82) is 0 Å². The summed E-state index contributed by atoms with van der Waals surface area (Å²) >= 11 is 0. The Labute approximate surface area is 263 Å². The number of hydrogen-bond acceptors (Lipinski definition) is 2. The topological polar surface area (TPSA) is 71.3 Å². The lowest BCUT2D eigenvalue weighted by Gasteiger charge is -2.17. The number of nitrogens with zero attached hydrogens (tertiary/aromatic N) is 1. The fourth-order valence-corrected chi connectivity index (χ4v) is 5.62. The van der Waals surface area contributed by atoms with E-state index >= 15 is 0 Å². The molecule has 6 aromatic rings. The van der Waals surface area contributed by atoms with Crippen molar-refractivity contribution >= 4 is 22.8 Å². The Morgan fingerprint density at radius 3 is 2.11 bits per heavy atom. The van der Waals surface area contributed by atoms with Gasteiger partial charge in [-0.2, -0.15) is 13.2 Å². The van der Waals surface area contributed by atoms with E-state index in [0.29, 0.717) is 28.8 Å². The summed E-state index contributed by atoms with van der Waals surface area (Å²) in [4.78, 5) is 25.2. The number of aromatic nitrogens is 1. The molecule has 2 N–H and O–H groups in total. The fourth-order valence-electron chi connectivity index (χ4n) is 5.62. The maximum atomic E-state index is 14.0. The van der Waals surface area contributed by atoms with Crippen molar-refractivity contribution in [1.82, 2.24) is 9.88 Å². The predicted octanol–water partition coefficient (Wildman–Crippen LogP) is 9.23. The fraction of sp³-hybridized carbons (Fsp3) is 0.105. The molecule has 1 heterocycles. The number of carbonyl (C=O) groups excluding carboxylic acids is 1. The number of carboxylic acid groups (broad SMARTS) is 1. The van der Waals surface area contributed by atoms with E-state index in [9.17, 15) is 27.9 Å². The van der Waals surface area contributed by atoms with Crippen LogP contribution in [0.25, 0.3) is 33.2 Å². The zero-order valence-corrected chi connectivity index (χ0v) is 24.8. The minimum absolute atomic E-state index is 0.141. The molecule has 0 aliphatic carbocycles. The predicted molar refractivity (Wildman–Crippen MR) is 173 cm³/mol. The molecule has 1 aromatic heterocycles. The van der Waals surface area contributed by atoms with Crippen LogP contribution in [-0.4, -0.2) is 21.6 Å². The first-order valence-electron chi connectivity index (χ1n) is 14.7. The summed E-state index contributed by atoms with van der Waals surface area (Å²) in [5.41, 5.74) is 5.51. The van der Waals surface area contributed by atoms with E-state index < -0.39 is 23.8 Å². The standard InChI is InChI=1S/C38H29F3N2O3/c1-24(26-10-12-29(13-11-26)37(45)46)42-36(44)34-22-32(28-14-16-33(17-15-28)38(39,40)41)21-31-18-19-43(35(31)34)23-25-6-5-9-30(20-25)27-7-3-2-4-8-27/h2-22,24H,23H2,1H3,(H,42,44)(H,45,46)/t24-/m0/s1. The van der Waals surface area contributed by atoms with Gasteiger partial charge in [0, 0.05) is 18.1 Å². The molecular formula is C38H29F3N2O3. The lowest BCUT2D eigenvalue weighted by Crippen LogP contribution is -2.27. The van der Waals surface area contributed by atoms with E-state index in [0.717, 1.165) is 39.8 Å². The molecule has 0 saturated heterocycles. The van der Waals surface area contributed by atoms with E-state index in [-0.39, 0.29) is 11.5 Å². The number of amides is 1. The molecular weight excluding hydrogens is 589 g/mol. The summed E-state index contributed by atoms with van der Waals surface area (Å²) in [7, 11) is 0. The first-order chi connectivity index (χ1) is 22.1. The number of hydrogen-bond donors (Lipinski definition) is 2. The lowest BCUT2D eigenvalue weighted by molar-refractivity contribution is -0.137. The van der Waals surface area contributed by atoms with Gasteiger partial charge in [-0.3, -0.25) is 4.79 Å². The second kappa shape index (κ2) is 12.4. The van der Waals surface area contributed by atoms with Crippen LogP contribution in [0.15, 0.2) is 128 Å². The molecule has 0 aliphatic heterocycles. The van der Waals surface area contributed by atoms with Crippen LogP contribution in [0.5, 0.6) is 0 Å². The number of aromatic carboxylic acids is 1. The van der Waals surface area contributed by atoms with Crippen molar-refractivity contribution in [3.8, 4) is 22.3 Å². The monoisotopic (exact) mass is 618 g/mol. The highest BCUT2D eigenvalue weighted by Crippen LogP contribution is 2.34. The van der Waals surface area contributed by atoms with Gasteiger partial charge in [0.05, 0.1) is 28.2 Å². The van der Waals surface area contributed by atoms with Gasteiger partial charge in [-0.05, 0) is 88.8 Å². The van der Waals surface area contributed by atoms with Gasteiger partial charge in [0.25, 0.3) is 5.91 Å². The summed E-state index contributed by atoms with van der Waals surface area (Å²) in [6.45, 7) is 2.29. The van der Waals surface area contributed by atoms with Gasteiger partial charge in [-0.1, -0.05) is 72.8 Å². The SMILES string of the molecule is C[C@H](NC(=O)c1cc(-c2ccc(C(F)(F)F)cc2)cc2ccn(Cc3cccc(-c4ccccc4)c3)c12)c1ccc(C(=O)O)cc1. The van der Waals surface area contributed by atoms with Crippen LogP contribution in [0.1, 0.15) is 50.4 Å². The number of carbonyl (C=O) groups is 2. The van der Waals surface area contributed by atoms with E-state index in [4.69, 9.17) is 0 Å². The summed E-state index contributed by atoms with van der Waals surface area (Å²) in [5, 5.41) is 13.0. The van der Waals surface area contributed by atoms with Gasteiger partial charge in [-0.25, -0.2) is 4.79 Å². The van der Waals surface area contributed by atoms with Crippen LogP contribution >= 0.6 is 0 Å². The molecule has 0 saturated carbocycles. The van der Waals surface area contributed by atoms with Gasteiger partial charge in [0.15, 0.2) is 0 Å². The zero-order valence-electron chi connectivity index (χ0n) is 24.8. The molecule has 230 valence electrons. The highest BCUT2D eigenvalue weighted by Gasteiger charge is 2.30. The molecule has 1 amide bonds. The molecule has 5 aromatic carbocycles.